The number of carbonyl (C=O) groups excluding carboxylic acids is 1. The number of benzene rings is 1. The van der Waals surface area contributed by atoms with E-state index in [0.717, 1.165) is 11.6 Å². The summed E-state index contributed by atoms with van der Waals surface area (Å²) in [6, 6.07) is 6.44. The zero-order valence-corrected chi connectivity index (χ0v) is 15.6. The number of aliphatic hydroxyl groups excluding tert-OH is 1. The molecule has 1 unspecified atom stereocenters. The van der Waals surface area contributed by atoms with Crippen molar-refractivity contribution >= 4 is 5.91 Å². The molecule has 0 saturated carbocycles. The van der Waals surface area contributed by atoms with Crippen molar-refractivity contribution in [1.82, 2.24) is 15.3 Å². The van der Waals surface area contributed by atoms with Gasteiger partial charge in [0, 0.05) is 17.3 Å². The van der Waals surface area contributed by atoms with Crippen LogP contribution in [-0.2, 0) is 0 Å². The average molecular weight is 405 g/mol. The van der Waals surface area contributed by atoms with Crippen molar-refractivity contribution in [2.24, 2.45) is 0 Å². The molecule has 9 heteroatoms. The third-order valence-corrected chi connectivity index (χ3v) is 4.28. The second kappa shape index (κ2) is 8.04. The minimum atomic E-state index is -4.87. The first-order valence-electron chi connectivity index (χ1n) is 8.67. The number of nitrogens with zero attached hydrogens (tertiary/aromatic N) is 2. The fourth-order valence-electron chi connectivity index (χ4n) is 2.71. The Morgan fingerprint density at radius 1 is 1.21 bits per heavy atom. The average Bonchev–Trinajstić information content (AvgIpc) is 3.22. The van der Waals surface area contributed by atoms with Crippen LogP contribution in [0.25, 0.3) is 11.3 Å². The van der Waals surface area contributed by atoms with E-state index in [2.05, 4.69) is 15.3 Å². The Hall–Kier alpha value is -3.20. The molecule has 152 valence electrons. The minimum Gasteiger partial charge on any atom is -0.446 e. The zero-order valence-electron chi connectivity index (χ0n) is 15.6. The van der Waals surface area contributed by atoms with Crippen LogP contribution in [0.15, 0.2) is 53.5 Å². The predicted molar refractivity (Wildman–Crippen MR) is 97.8 cm³/mol. The molecule has 1 amide bonds. The topological polar surface area (TPSA) is 88.2 Å². The lowest BCUT2D eigenvalue weighted by Gasteiger charge is -2.18. The Labute approximate surface area is 164 Å². The SMILES string of the molecule is Cc1ccc(-c2cc(C(=O)N[C@H](C)c3cnco3)cc(C(O)C(F)(F)F)c2)nc1. The molecular formula is C20H18F3N3O3. The van der Waals surface area contributed by atoms with Gasteiger partial charge in [-0.25, -0.2) is 4.98 Å². The number of aromatic nitrogens is 2. The molecule has 29 heavy (non-hydrogen) atoms. The fraction of sp³-hybridized carbons (Fsp3) is 0.250. The fourth-order valence-corrected chi connectivity index (χ4v) is 2.71. The zero-order chi connectivity index (χ0) is 21.2. The first-order chi connectivity index (χ1) is 13.6. The molecule has 2 heterocycles. The number of aryl methyl sites for hydroxylation is 1. The Morgan fingerprint density at radius 2 is 1.97 bits per heavy atom. The third-order valence-electron chi connectivity index (χ3n) is 4.28. The molecule has 6 nitrogen and oxygen atoms in total. The summed E-state index contributed by atoms with van der Waals surface area (Å²) in [5.41, 5.74) is 1.04. The van der Waals surface area contributed by atoms with Gasteiger partial charge in [0.05, 0.1) is 17.9 Å². The second-order valence-electron chi connectivity index (χ2n) is 6.61. The maximum absolute atomic E-state index is 13.1. The first-order valence-corrected chi connectivity index (χ1v) is 8.67. The highest BCUT2D eigenvalue weighted by molar-refractivity contribution is 5.96. The van der Waals surface area contributed by atoms with Gasteiger partial charge in [-0.3, -0.25) is 9.78 Å². The lowest BCUT2D eigenvalue weighted by atomic mass is 9.98. The number of alkyl halides is 3. The van der Waals surface area contributed by atoms with E-state index in [1.807, 2.05) is 6.92 Å². The summed E-state index contributed by atoms with van der Waals surface area (Å²) in [5.74, 6) is -0.233. The Balaban J connectivity index is 1.99. The van der Waals surface area contributed by atoms with Crippen LogP contribution in [0, 0.1) is 6.92 Å². The van der Waals surface area contributed by atoms with Crippen LogP contribution in [0.2, 0.25) is 0 Å². The Kier molecular flexibility index (Phi) is 5.69. The van der Waals surface area contributed by atoms with Crippen LogP contribution in [0.5, 0.6) is 0 Å². The summed E-state index contributed by atoms with van der Waals surface area (Å²) in [4.78, 5) is 20.6. The van der Waals surface area contributed by atoms with Gasteiger partial charge in [-0.1, -0.05) is 6.07 Å². The van der Waals surface area contributed by atoms with E-state index < -0.39 is 29.8 Å². The van der Waals surface area contributed by atoms with Gasteiger partial charge >= 0.3 is 6.18 Å². The summed E-state index contributed by atoms with van der Waals surface area (Å²) >= 11 is 0. The summed E-state index contributed by atoms with van der Waals surface area (Å²) in [6.45, 7) is 3.47. The molecule has 2 aromatic heterocycles. The van der Waals surface area contributed by atoms with E-state index in [-0.39, 0.29) is 11.1 Å². The van der Waals surface area contributed by atoms with E-state index in [1.54, 1.807) is 25.3 Å². The number of halogens is 3. The second-order valence-corrected chi connectivity index (χ2v) is 6.61. The highest BCUT2D eigenvalue weighted by Gasteiger charge is 2.39. The van der Waals surface area contributed by atoms with Crippen molar-refractivity contribution in [3.05, 3.63) is 71.6 Å². The third kappa shape index (κ3) is 4.80. The van der Waals surface area contributed by atoms with E-state index in [4.69, 9.17) is 4.42 Å². The number of carbonyl (C=O) groups is 1. The molecular weight excluding hydrogens is 387 g/mol. The lowest BCUT2D eigenvalue weighted by Crippen LogP contribution is -2.27. The molecule has 0 saturated heterocycles. The number of nitrogens with one attached hydrogen (secondary N) is 1. The monoisotopic (exact) mass is 405 g/mol. The number of hydrogen-bond acceptors (Lipinski definition) is 5. The minimum absolute atomic E-state index is 0.0467. The molecule has 0 aliphatic heterocycles. The van der Waals surface area contributed by atoms with Crippen LogP contribution >= 0.6 is 0 Å². The quantitative estimate of drug-likeness (QED) is 0.666. The summed E-state index contributed by atoms with van der Waals surface area (Å²) < 4.78 is 44.3. The molecule has 2 N–H and O–H groups in total. The van der Waals surface area contributed by atoms with Gasteiger partial charge in [0.2, 0.25) is 0 Å². The number of oxazole rings is 1. The number of rotatable bonds is 5. The number of hydrogen-bond donors (Lipinski definition) is 2. The van der Waals surface area contributed by atoms with E-state index in [1.165, 1.54) is 24.7 Å². The van der Waals surface area contributed by atoms with Crippen LogP contribution < -0.4 is 5.32 Å². The largest absolute Gasteiger partial charge is 0.446 e. The highest BCUT2D eigenvalue weighted by atomic mass is 19.4. The van der Waals surface area contributed by atoms with Gasteiger partial charge in [-0.05, 0) is 49.2 Å². The van der Waals surface area contributed by atoms with Gasteiger partial charge in [-0.2, -0.15) is 13.2 Å². The van der Waals surface area contributed by atoms with E-state index in [0.29, 0.717) is 11.5 Å². The molecule has 0 bridgehead atoms. The molecule has 0 fully saturated rings. The summed E-state index contributed by atoms with van der Waals surface area (Å²) in [7, 11) is 0. The van der Waals surface area contributed by atoms with Crippen molar-refractivity contribution in [1.29, 1.82) is 0 Å². The van der Waals surface area contributed by atoms with Crippen molar-refractivity contribution < 1.29 is 27.5 Å². The molecule has 0 radical (unpaired) electrons. The van der Waals surface area contributed by atoms with Crippen molar-refractivity contribution in [3.8, 4) is 11.3 Å². The highest BCUT2D eigenvalue weighted by Crippen LogP contribution is 2.35. The van der Waals surface area contributed by atoms with Gasteiger partial charge in [-0.15, -0.1) is 0 Å². The van der Waals surface area contributed by atoms with Gasteiger partial charge in [0.15, 0.2) is 12.5 Å². The van der Waals surface area contributed by atoms with Crippen LogP contribution in [-0.4, -0.2) is 27.2 Å². The van der Waals surface area contributed by atoms with Crippen LogP contribution in [0.3, 0.4) is 0 Å². The van der Waals surface area contributed by atoms with E-state index >= 15 is 0 Å². The van der Waals surface area contributed by atoms with Crippen molar-refractivity contribution in [2.45, 2.75) is 32.2 Å². The lowest BCUT2D eigenvalue weighted by molar-refractivity contribution is -0.206. The Bertz CT molecular complexity index is 986. The van der Waals surface area contributed by atoms with Crippen LogP contribution in [0.4, 0.5) is 13.2 Å². The molecule has 3 rings (SSSR count). The molecule has 3 aromatic rings. The molecule has 1 aromatic carbocycles. The first kappa shape index (κ1) is 20.5. The van der Waals surface area contributed by atoms with Gasteiger partial charge < -0.3 is 14.8 Å². The molecule has 0 aliphatic carbocycles. The van der Waals surface area contributed by atoms with Crippen LogP contribution in [0.1, 0.15) is 46.3 Å². The van der Waals surface area contributed by atoms with Crippen molar-refractivity contribution in [3.63, 3.8) is 0 Å². The van der Waals surface area contributed by atoms with E-state index in [9.17, 15) is 23.1 Å². The molecule has 0 spiro atoms. The summed E-state index contributed by atoms with van der Waals surface area (Å²) in [6.07, 6.45) is -3.41. The normalized spacial score (nSPS) is 13.7. The number of pyridine rings is 1. The maximum Gasteiger partial charge on any atom is 0.418 e. The van der Waals surface area contributed by atoms with Gasteiger partial charge in [0.25, 0.3) is 5.91 Å². The molecule has 2 atom stereocenters. The number of aliphatic hydroxyl groups is 1. The predicted octanol–water partition coefficient (Wildman–Crippen LogP) is 4.13. The Morgan fingerprint density at radius 3 is 2.55 bits per heavy atom. The molecule has 0 aliphatic rings. The number of amides is 1. The maximum atomic E-state index is 13.1. The van der Waals surface area contributed by atoms with Crippen molar-refractivity contribution in [2.75, 3.05) is 0 Å². The standard InChI is InChI=1S/C20H18F3N3O3/c1-11-3-4-16(25-8-11)13-5-14(18(27)20(21,22)23)7-15(6-13)19(28)26-12(2)17-9-24-10-29-17/h3-10,12,18,27H,1-2H3,(H,26,28)/t12-,18?/m1/s1. The summed E-state index contributed by atoms with van der Waals surface area (Å²) in [5, 5.41) is 12.3. The van der Waals surface area contributed by atoms with Gasteiger partial charge in [0.1, 0.15) is 5.76 Å². The smallest absolute Gasteiger partial charge is 0.418 e.